The summed E-state index contributed by atoms with van der Waals surface area (Å²) in [6.07, 6.45) is 4.39. The van der Waals surface area contributed by atoms with E-state index in [-0.39, 0.29) is 11.9 Å². The molecule has 0 saturated carbocycles. The average molecular weight is 307 g/mol. The van der Waals surface area contributed by atoms with Gasteiger partial charge in [0.25, 0.3) is 0 Å². The van der Waals surface area contributed by atoms with Crippen LogP contribution in [0.25, 0.3) is 6.08 Å². The lowest BCUT2D eigenvalue weighted by molar-refractivity contribution is -0.117. The second-order valence-corrected chi connectivity index (χ2v) is 6.35. The predicted molar refractivity (Wildman–Crippen MR) is 97.0 cm³/mol. The van der Waals surface area contributed by atoms with Crippen molar-refractivity contribution >= 4 is 12.0 Å². The zero-order valence-corrected chi connectivity index (χ0v) is 14.1. The highest BCUT2D eigenvalue weighted by Gasteiger charge is 2.14. The van der Waals surface area contributed by atoms with E-state index in [1.54, 1.807) is 6.08 Å². The number of carbonyl (C=O) groups excluding carboxylic acids is 1. The molecule has 0 aliphatic rings. The van der Waals surface area contributed by atoms with E-state index in [1.165, 1.54) is 5.56 Å². The lowest BCUT2D eigenvalue weighted by Crippen LogP contribution is -2.27. The SMILES string of the molecule is Cc1ccc(/C=C/C(=O)N[C@@H](CC(C)C)c2ccccc2)cc1. The van der Waals surface area contributed by atoms with E-state index in [9.17, 15) is 4.79 Å². The molecule has 2 aromatic carbocycles. The van der Waals surface area contributed by atoms with Crippen molar-refractivity contribution in [1.82, 2.24) is 5.32 Å². The van der Waals surface area contributed by atoms with Crippen molar-refractivity contribution in [2.45, 2.75) is 33.2 Å². The summed E-state index contributed by atoms with van der Waals surface area (Å²) in [5, 5.41) is 3.12. The third-order valence-electron chi connectivity index (χ3n) is 3.73. The minimum absolute atomic E-state index is 0.0476. The van der Waals surface area contributed by atoms with Crippen molar-refractivity contribution in [2.24, 2.45) is 5.92 Å². The molecule has 2 nitrogen and oxygen atoms in total. The van der Waals surface area contributed by atoms with Gasteiger partial charge in [0.15, 0.2) is 0 Å². The standard InChI is InChI=1S/C21H25NO/c1-16(2)15-20(19-7-5-4-6-8-19)22-21(23)14-13-18-11-9-17(3)10-12-18/h4-14,16,20H,15H2,1-3H3,(H,22,23)/b14-13+/t20-/m0/s1. The molecule has 0 fully saturated rings. The molecular weight excluding hydrogens is 282 g/mol. The molecule has 0 unspecified atom stereocenters. The monoisotopic (exact) mass is 307 g/mol. The van der Waals surface area contributed by atoms with Crippen molar-refractivity contribution in [3.05, 3.63) is 77.4 Å². The van der Waals surface area contributed by atoms with E-state index in [1.807, 2.05) is 48.5 Å². The second-order valence-electron chi connectivity index (χ2n) is 6.35. The summed E-state index contributed by atoms with van der Waals surface area (Å²) in [5.74, 6) is 0.460. The molecule has 0 aliphatic heterocycles. The number of aryl methyl sites for hydroxylation is 1. The van der Waals surface area contributed by atoms with Crippen LogP contribution in [0.4, 0.5) is 0 Å². The Hall–Kier alpha value is -2.35. The number of benzene rings is 2. The molecular formula is C21H25NO. The Kier molecular flexibility index (Phi) is 6.16. The highest BCUT2D eigenvalue weighted by Crippen LogP contribution is 2.21. The Morgan fingerprint density at radius 1 is 1.04 bits per heavy atom. The van der Waals surface area contributed by atoms with Crippen LogP contribution in [-0.4, -0.2) is 5.91 Å². The number of hydrogen-bond donors (Lipinski definition) is 1. The van der Waals surface area contributed by atoms with Gasteiger partial charge < -0.3 is 5.32 Å². The van der Waals surface area contributed by atoms with Gasteiger partial charge in [0.05, 0.1) is 6.04 Å². The summed E-state index contributed by atoms with van der Waals surface area (Å²) in [5.41, 5.74) is 3.40. The first-order chi connectivity index (χ1) is 11.0. The average Bonchev–Trinajstić information content (AvgIpc) is 2.54. The zero-order valence-electron chi connectivity index (χ0n) is 14.1. The van der Waals surface area contributed by atoms with Gasteiger partial charge in [-0.1, -0.05) is 74.0 Å². The Balaban J connectivity index is 2.04. The van der Waals surface area contributed by atoms with Crippen LogP contribution in [-0.2, 0) is 4.79 Å². The first-order valence-corrected chi connectivity index (χ1v) is 8.15. The van der Waals surface area contributed by atoms with E-state index in [4.69, 9.17) is 0 Å². The Labute approximate surface area is 139 Å². The van der Waals surface area contributed by atoms with Gasteiger partial charge in [0.2, 0.25) is 5.91 Å². The fraction of sp³-hybridized carbons (Fsp3) is 0.286. The first-order valence-electron chi connectivity index (χ1n) is 8.15. The molecule has 1 atom stereocenters. The molecule has 0 radical (unpaired) electrons. The van der Waals surface area contributed by atoms with Crippen LogP contribution in [0.15, 0.2) is 60.7 Å². The van der Waals surface area contributed by atoms with Crippen LogP contribution in [0.3, 0.4) is 0 Å². The van der Waals surface area contributed by atoms with Crippen LogP contribution >= 0.6 is 0 Å². The quantitative estimate of drug-likeness (QED) is 0.755. The van der Waals surface area contributed by atoms with Gasteiger partial charge in [0, 0.05) is 6.08 Å². The highest BCUT2D eigenvalue weighted by molar-refractivity contribution is 5.92. The highest BCUT2D eigenvalue weighted by atomic mass is 16.1. The summed E-state index contributed by atoms with van der Waals surface area (Å²) in [4.78, 5) is 12.3. The smallest absolute Gasteiger partial charge is 0.244 e. The van der Waals surface area contributed by atoms with Crippen molar-refractivity contribution in [2.75, 3.05) is 0 Å². The summed E-state index contributed by atoms with van der Waals surface area (Å²) in [6, 6.07) is 18.3. The minimum Gasteiger partial charge on any atom is -0.346 e. The van der Waals surface area contributed by atoms with Gasteiger partial charge in [-0.25, -0.2) is 0 Å². The van der Waals surface area contributed by atoms with Gasteiger partial charge in [-0.3, -0.25) is 4.79 Å². The minimum atomic E-state index is -0.0555. The zero-order chi connectivity index (χ0) is 16.7. The van der Waals surface area contributed by atoms with Crippen LogP contribution < -0.4 is 5.32 Å². The van der Waals surface area contributed by atoms with Gasteiger partial charge in [-0.05, 0) is 36.5 Å². The van der Waals surface area contributed by atoms with Crippen molar-refractivity contribution < 1.29 is 4.79 Å². The van der Waals surface area contributed by atoms with Crippen LogP contribution in [0, 0.1) is 12.8 Å². The molecule has 1 amide bonds. The Bertz CT molecular complexity index is 641. The molecule has 1 N–H and O–H groups in total. The molecule has 2 rings (SSSR count). The van der Waals surface area contributed by atoms with E-state index in [0.29, 0.717) is 5.92 Å². The summed E-state index contributed by atoms with van der Waals surface area (Å²) >= 11 is 0. The Morgan fingerprint density at radius 2 is 1.70 bits per heavy atom. The normalized spacial score (nSPS) is 12.5. The van der Waals surface area contributed by atoms with Gasteiger partial charge in [0.1, 0.15) is 0 Å². The van der Waals surface area contributed by atoms with Gasteiger partial charge in [-0.2, -0.15) is 0 Å². The molecule has 0 aromatic heterocycles. The molecule has 2 aromatic rings. The van der Waals surface area contributed by atoms with Gasteiger partial charge >= 0.3 is 0 Å². The number of amides is 1. The predicted octanol–water partition coefficient (Wildman–Crippen LogP) is 4.91. The fourth-order valence-electron chi connectivity index (χ4n) is 2.50. The third-order valence-corrected chi connectivity index (χ3v) is 3.73. The van der Waals surface area contributed by atoms with Crippen LogP contribution in [0.2, 0.25) is 0 Å². The van der Waals surface area contributed by atoms with Gasteiger partial charge in [-0.15, -0.1) is 0 Å². The first kappa shape index (κ1) is 17.0. The second kappa shape index (κ2) is 8.33. The van der Waals surface area contributed by atoms with E-state index in [0.717, 1.165) is 17.5 Å². The van der Waals surface area contributed by atoms with Crippen molar-refractivity contribution in [3.63, 3.8) is 0 Å². The van der Waals surface area contributed by atoms with E-state index < -0.39 is 0 Å². The number of carbonyl (C=O) groups is 1. The van der Waals surface area contributed by atoms with Crippen LogP contribution in [0.5, 0.6) is 0 Å². The maximum Gasteiger partial charge on any atom is 0.244 e. The lowest BCUT2D eigenvalue weighted by Gasteiger charge is -2.20. The molecule has 0 saturated heterocycles. The lowest BCUT2D eigenvalue weighted by atomic mass is 9.97. The Morgan fingerprint density at radius 3 is 2.30 bits per heavy atom. The number of hydrogen-bond acceptors (Lipinski definition) is 1. The molecule has 0 bridgehead atoms. The molecule has 0 aliphatic carbocycles. The maximum absolute atomic E-state index is 12.3. The van der Waals surface area contributed by atoms with Crippen molar-refractivity contribution in [3.8, 4) is 0 Å². The number of rotatable bonds is 6. The summed E-state index contributed by atoms with van der Waals surface area (Å²) < 4.78 is 0. The molecule has 0 heterocycles. The van der Waals surface area contributed by atoms with E-state index in [2.05, 4.69) is 38.2 Å². The van der Waals surface area contributed by atoms with Crippen LogP contribution in [0.1, 0.15) is 43.0 Å². The fourth-order valence-corrected chi connectivity index (χ4v) is 2.50. The molecule has 23 heavy (non-hydrogen) atoms. The summed E-state index contributed by atoms with van der Waals surface area (Å²) in [6.45, 7) is 6.39. The summed E-state index contributed by atoms with van der Waals surface area (Å²) in [7, 11) is 0. The topological polar surface area (TPSA) is 29.1 Å². The van der Waals surface area contributed by atoms with E-state index >= 15 is 0 Å². The molecule has 120 valence electrons. The third kappa shape index (κ3) is 5.74. The largest absolute Gasteiger partial charge is 0.346 e. The maximum atomic E-state index is 12.3. The number of nitrogens with one attached hydrogen (secondary N) is 1. The van der Waals surface area contributed by atoms with Crippen molar-refractivity contribution in [1.29, 1.82) is 0 Å². The molecule has 0 spiro atoms. The molecule has 2 heteroatoms.